The van der Waals surface area contributed by atoms with Gasteiger partial charge in [-0.1, -0.05) is 5.16 Å². The van der Waals surface area contributed by atoms with Gasteiger partial charge >= 0.3 is 0 Å². The van der Waals surface area contributed by atoms with E-state index in [2.05, 4.69) is 5.16 Å². The molecule has 1 aliphatic rings. The fourth-order valence-electron chi connectivity index (χ4n) is 1.95. The Balaban J connectivity index is 2.20. The van der Waals surface area contributed by atoms with E-state index < -0.39 is 9.84 Å². The number of hydrogen-bond donors (Lipinski definition) is 1. The van der Waals surface area contributed by atoms with E-state index in [1.807, 2.05) is 0 Å². The molecule has 1 saturated heterocycles. The Morgan fingerprint density at radius 1 is 1.60 bits per heavy atom. The van der Waals surface area contributed by atoms with Gasteiger partial charge < -0.3 is 10.3 Å². The van der Waals surface area contributed by atoms with E-state index in [1.54, 1.807) is 6.20 Å². The Hall–Kier alpha value is -0.880. The second-order valence-corrected chi connectivity index (χ2v) is 6.08. The van der Waals surface area contributed by atoms with Gasteiger partial charge in [-0.05, 0) is 19.4 Å². The van der Waals surface area contributed by atoms with Crippen LogP contribution in [0.15, 0.2) is 10.7 Å². The fraction of sp³-hybridized carbons (Fsp3) is 0.667. The Kier molecular flexibility index (Phi) is 2.79. The highest BCUT2D eigenvalue weighted by atomic mass is 32.2. The smallest absolute Gasteiger partial charge is 0.151 e. The SMILES string of the molecule is NCCc1cnoc1C1CCS(=O)(=O)C1. The van der Waals surface area contributed by atoms with Gasteiger partial charge in [0.25, 0.3) is 0 Å². The molecule has 2 rings (SSSR count). The van der Waals surface area contributed by atoms with Gasteiger partial charge in [0.05, 0.1) is 17.7 Å². The molecular formula is C9H14N2O3S. The predicted octanol–water partition coefficient (Wildman–Crippen LogP) is 0.0779. The van der Waals surface area contributed by atoms with Crippen LogP contribution in [0.1, 0.15) is 23.7 Å². The normalized spacial score (nSPS) is 24.5. The second kappa shape index (κ2) is 3.94. The predicted molar refractivity (Wildman–Crippen MR) is 55.3 cm³/mol. The van der Waals surface area contributed by atoms with Crippen molar-refractivity contribution in [3.05, 3.63) is 17.5 Å². The topological polar surface area (TPSA) is 86.2 Å². The monoisotopic (exact) mass is 230 g/mol. The van der Waals surface area contributed by atoms with E-state index in [1.165, 1.54) is 0 Å². The van der Waals surface area contributed by atoms with Crippen LogP contribution in [0.5, 0.6) is 0 Å². The Morgan fingerprint density at radius 3 is 3.00 bits per heavy atom. The molecule has 0 bridgehead atoms. The zero-order valence-corrected chi connectivity index (χ0v) is 9.16. The molecule has 0 aromatic carbocycles. The molecular weight excluding hydrogens is 216 g/mol. The van der Waals surface area contributed by atoms with Crippen molar-refractivity contribution in [1.82, 2.24) is 5.16 Å². The third-order valence-corrected chi connectivity index (χ3v) is 4.46. The van der Waals surface area contributed by atoms with Gasteiger partial charge in [0.2, 0.25) is 0 Å². The van der Waals surface area contributed by atoms with Crippen LogP contribution < -0.4 is 5.73 Å². The largest absolute Gasteiger partial charge is 0.361 e. The van der Waals surface area contributed by atoms with Crippen LogP contribution in [-0.4, -0.2) is 31.6 Å². The zero-order chi connectivity index (χ0) is 10.9. The molecule has 2 N–H and O–H groups in total. The van der Waals surface area contributed by atoms with Crippen molar-refractivity contribution in [2.45, 2.75) is 18.8 Å². The molecule has 1 aromatic rings. The number of nitrogens with zero attached hydrogens (tertiary/aromatic N) is 1. The molecule has 1 aromatic heterocycles. The van der Waals surface area contributed by atoms with E-state index in [4.69, 9.17) is 10.3 Å². The summed E-state index contributed by atoms with van der Waals surface area (Å²) in [5.41, 5.74) is 6.40. The molecule has 0 spiro atoms. The van der Waals surface area contributed by atoms with Crippen LogP contribution in [0, 0.1) is 0 Å². The van der Waals surface area contributed by atoms with Crippen LogP contribution in [0.4, 0.5) is 0 Å². The van der Waals surface area contributed by atoms with Crippen LogP contribution in [-0.2, 0) is 16.3 Å². The van der Waals surface area contributed by atoms with Crippen LogP contribution in [0.2, 0.25) is 0 Å². The first-order valence-corrected chi connectivity index (χ1v) is 6.78. The molecule has 2 heterocycles. The van der Waals surface area contributed by atoms with E-state index in [9.17, 15) is 8.42 Å². The van der Waals surface area contributed by atoms with Crippen LogP contribution >= 0.6 is 0 Å². The molecule has 84 valence electrons. The van der Waals surface area contributed by atoms with Crippen molar-refractivity contribution in [3.63, 3.8) is 0 Å². The van der Waals surface area contributed by atoms with Gasteiger partial charge in [-0.3, -0.25) is 0 Å². The molecule has 0 aliphatic carbocycles. The lowest BCUT2D eigenvalue weighted by atomic mass is 10.0. The quantitative estimate of drug-likeness (QED) is 0.794. The van der Waals surface area contributed by atoms with Crippen molar-refractivity contribution in [2.24, 2.45) is 5.73 Å². The number of sulfone groups is 1. The lowest BCUT2D eigenvalue weighted by Gasteiger charge is -2.04. The average molecular weight is 230 g/mol. The van der Waals surface area contributed by atoms with Crippen molar-refractivity contribution < 1.29 is 12.9 Å². The summed E-state index contributed by atoms with van der Waals surface area (Å²) >= 11 is 0. The van der Waals surface area contributed by atoms with Gasteiger partial charge in [0.1, 0.15) is 5.76 Å². The molecule has 0 amide bonds. The van der Waals surface area contributed by atoms with Gasteiger partial charge in [-0.25, -0.2) is 8.42 Å². The van der Waals surface area contributed by atoms with E-state index in [0.717, 1.165) is 5.56 Å². The summed E-state index contributed by atoms with van der Waals surface area (Å²) in [6, 6.07) is 0. The summed E-state index contributed by atoms with van der Waals surface area (Å²) in [6.45, 7) is 0.522. The first-order chi connectivity index (χ1) is 7.12. The highest BCUT2D eigenvalue weighted by molar-refractivity contribution is 7.91. The van der Waals surface area contributed by atoms with E-state index >= 15 is 0 Å². The Labute approximate surface area is 88.5 Å². The molecule has 1 fully saturated rings. The highest BCUT2D eigenvalue weighted by Crippen LogP contribution is 2.30. The number of nitrogens with two attached hydrogens (primary N) is 1. The van der Waals surface area contributed by atoms with Gasteiger partial charge in [0, 0.05) is 11.5 Å². The van der Waals surface area contributed by atoms with Crippen LogP contribution in [0.25, 0.3) is 0 Å². The van der Waals surface area contributed by atoms with Crippen LogP contribution in [0.3, 0.4) is 0 Å². The first kappa shape index (κ1) is 10.6. The highest BCUT2D eigenvalue weighted by Gasteiger charge is 2.32. The third-order valence-electron chi connectivity index (χ3n) is 2.69. The Bertz CT molecular complexity index is 438. The summed E-state index contributed by atoms with van der Waals surface area (Å²) in [6.07, 6.45) is 2.96. The first-order valence-electron chi connectivity index (χ1n) is 4.96. The number of hydrogen-bond acceptors (Lipinski definition) is 5. The van der Waals surface area contributed by atoms with Crippen molar-refractivity contribution in [3.8, 4) is 0 Å². The summed E-state index contributed by atoms with van der Waals surface area (Å²) in [4.78, 5) is 0. The third kappa shape index (κ3) is 2.21. The molecule has 15 heavy (non-hydrogen) atoms. The summed E-state index contributed by atoms with van der Waals surface area (Å²) in [7, 11) is -2.87. The summed E-state index contributed by atoms with van der Waals surface area (Å²) in [5.74, 6) is 1.11. The maximum atomic E-state index is 11.3. The minimum absolute atomic E-state index is 0.0287. The summed E-state index contributed by atoms with van der Waals surface area (Å²) in [5, 5.41) is 3.71. The van der Waals surface area contributed by atoms with Gasteiger partial charge in [-0.15, -0.1) is 0 Å². The molecule has 1 aliphatic heterocycles. The maximum absolute atomic E-state index is 11.3. The van der Waals surface area contributed by atoms with E-state index in [0.29, 0.717) is 25.1 Å². The minimum Gasteiger partial charge on any atom is -0.361 e. The van der Waals surface area contributed by atoms with Crippen molar-refractivity contribution in [2.75, 3.05) is 18.1 Å². The van der Waals surface area contributed by atoms with E-state index in [-0.39, 0.29) is 17.4 Å². The number of aromatic nitrogens is 1. The minimum atomic E-state index is -2.87. The second-order valence-electron chi connectivity index (χ2n) is 3.85. The molecule has 0 radical (unpaired) electrons. The Morgan fingerprint density at radius 2 is 2.40 bits per heavy atom. The maximum Gasteiger partial charge on any atom is 0.151 e. The molecule has 6 heteroatoms. The van der Waals surface area contributed by atoms with Gasteiger partial charge in [0.15, 0.2) is 9.84 Å². The molecule has 1 unspecified atom stereocenters. The zero-order valence-electron chi connectivity index (χ0n) is 8.35. The van der Waals surface area contributed by atoms with Gasteiger partial charge in [-0.2, -0.15) is 0 Å². The lowest BCUT2D eigenvalue weighted by molar-refractivity contribution is 0.365. The average Bonchev–Trinajstić information content (AvgIpc) is 2.72. The standard InChI is InChI=1S/C9H14N2O3S/c10-3-1-7-5-11-14-9(7)8-2-4-15(12,13)6-8/h5,8H,1-4,6,10H2. The molecule has 0 saturated carbocycles. The molecule has 5 nitrogen and oxygen atoms in total. The summed E-state index contributed by atoms with van der Waals surface area (Å²) < 4.78 is 27.8. The van der Waals surface area contributed by atoms with Crippen molar-refractivity contribution in [1.29, 1.82) is 0 Å². The lowest BCUT2D eigenvalue weighted by Crippen LogP contribution is -2.07. The number of rotatable bonds is 3. The molecule has 1 atom stereocenters. The van der Waals surface area contributed by atoms with Crippen molar-refractivity contribution >= 4 is 9.84 Å². The fourth-order valence-corrected chi connectivity index (χ4v) is 3.69.